The zero-order chi connectivity index (χ0) is 14.8. The van der Waals surface area contributed by atoms with Crippen LogP contribution in [0, 0.1) is 0 Å². The number of benzene rings is 1. The minimum absolute atomic E-state index is 0.163. The molecule has 2 heterocycles. The summed E-state index contributed by atoms with van der Waals surface area (Å²) >= 11 is 0. The Hall–Kier alpha value is -2.69. The van der Waals surface area contributed by atoms with E-state index in [-0.39, 0.29) is 5.91 Å². The number of amides is 1. The number of carbonyl (C=O) groups is 1. The average molecular weight is 284 g/mol. The van der Waals surface area contributed by atoms with Gasteiger partial charge < -0.3 is 19.5 Å². The van der Waals surface area contributed by atoms with Crippen LogP contribution < -0.4 is 5.73 Å². The summed E-state index contributed by atoms with van der Waals surface area (Å²) in [7, 11) is 0. The molecule has 21 heavy (non-hydrogen) atoms. The monoisotopic (exact) mass is 284 g/mol. The van der Waals surface area contributed by atoms with Crippen molar-refractivity contribution in [3.63, 3.8) is 0 Å². The first kappa shape index (κ1) is 13.3. The summed E-state index contributed by atoms with van der Waals surface area (Å²) in [6.07, 6.45) is 1.59. The highest BCUT2D eigenvalue weighted by Crippen LogP contribution is 2.23. The third-order valence-electron chi connectivity index (χ3n) is 3.35. The lowest BCUT2D eigenvalue weighted by molar-refractivity contribution is 0.0711. The summed E-state index contributed by atoms with van der Waals surface area (Å²) in [5.41, 5.74) is 7.03. The van der Waals surface area contributed by atoms with Crippen LogP contribution in [-0.2, 0) is 6.54 Å². The third kappa shape index (κ3) is 2.63. The van der Waals surface area contributed by atoms with Gasteiger partial charge in [-0.05, 0) is 43.3 Å². The summed E-state index contributed by atoms with van der Waals surface area (Å²) in [5.74, 6) is 0.887. The molecule has 0 aliphatic rings. The molecular weight excluding hydrogens is 268 g/mol. The number of anilines is 1. The topological polar surface area (TPSA) is 72.6 Å². The van der Waals surface area contributed by atoms with E-state index in [1.807, 2.05) is 13.0 Å². The molecule has 1 amide bonds. The Morgan fingerprint density at radius 1 is 1.29 bits per heavy atom. The van der Waals surface area contributed by atoms with E-state index in [0.29, 0.717) is 30.1 Å². The highest BCUT2D eigenvalue weighted by molar-refractivity contribution is 5.96. The Balaban J connectivity index is 1.87. The summed E-state index contributed by atoms with van der Waals surface area (Å²) in [6, 6.07) is 10.7. The third-order valence-corrected chi connectivity index (χ3v) is 3.35. The molecule has 3 aromatic rings. The number of hydrogen-bond acceptors (Lipinski definition) is 4. The highest BCUT2D eigenvalue weighted by Gasteiger charge is 2.19. The van der Waals surface area contributed by atoms with Gasteiger partial charge >= 0.3 is 0 Å². The van der Waals surface area contributed by atoms with Crippen LogP contribution in [0.15, 0.2) is 51.5 Å². The number of nitrogen functional groups attached to an aromatic ring is 1. The quantitative estimate of drug-likeness (QED) is 0.746. The van der Waals surface area contributed by atoms with Gasteiger partial charge in [-0.25, -0.2) is 0 Å². The van der Waals surface area contributed by atoms with Crippen molar-refractivity contribution >= 4 is 22.6 Å². The molecular formula is C16H16N2O3. The molecule has 0 radical (unpaired) electrons. The predicted octanol–water partition coefficient (Wildman–Crippen LogP) is 3.27. The van der Waals surface area contributed by atoms with Gasteiger partial charge in [-0.2, -0.15) is 0 Å². The molecule has 2 aromatic heterocycles. The molecule has 0 aliphatic carbocycles. The van der Waals surface area contributed by atoms with Crippen molar-refractivity contribution in [3.05, 3.63) is 54.2 Å². The number of fused-ring (bicyclic) bond motifs is 1. The lowest BCUT2D eigenvalue weighted by Gasteiger charge is -2.17. The van der Waals surface area contributed by atoms with Crippen molar-refractivity contribution in [2.24, 2.45) is 0 Å². The molecule has 1 aromatic carbocycles. The van der Waals surface area contributed by atoms with Crippen LogP contribution >= 0.6 is 0 Å². The fraction of sp³-hybridized carbons (Fsp3) is 0.188. The molecule has 0 unspecified atom stereocenters. The molecule has 3 rings (SSSR count). The molecule has 0 saturated carbocycles. The van der Waals surface area contributed by atoms with Gasteiger partial charge in [0.1, 0.15) is 11.3 Å². The first-order valence-corrected chi connectivity index (χ1v) is 6.78. The van der Waals surface area contributed by atoms with Crippen LogP contribution in [0.2, 0.25) is 0 Å². The predicted molar refractivity (Wildman–Crippen MR) is 79.7 cm³/mol. The van der Waals surface area contributed by atoms with E-state index in [4.69, 9.17) is 14.6 Å². The zero-order valence-corrected chi connectivity index (χ0v) is 11.7. The highest BCUT2D eigenvalue weighted by atomic mass is 16.3. The molecule has 5 nitrogen and oxygen atoms in total. The van der Waals surface area contributed by atoms with Crippen LogP contribution in [0.1, 0.15) is 23.2 Å². The number of furan rings is 2. The van der Waals surface area contributed by atoms with Crippen LogP contribution in [0.3, 0.4) is 0 Å². The van der Waals surface area contributed by atoms with Crippen LogP contribution in [0.25, 0.3) is 11.0 Å². The molecule has 0 fully saturated rings. The summed E-state index contributed by atoms with van der Waals surface area (Å²) in [5, 5.41) is 0.826. The molecule has 5 heteroatoms. The van der Waals surface area contributed by atoms with Gasteiger partial charge in [0.2, 0.25) is 0 Å². The van der Waals surface area contributed by atoms with E-state index in [1.54, 1.807) is 41.5 Å². The number of rotatable bonds is 4. The first-order valence-electron chi connectivity index (χ1n) is 6.78. The number of nitrogens with two attached hydrogens (primary N) is 1. The van der Waals surface area contributed by atoms with E-state index >= 15 is 0 Å². The summed E-state index contributed by atoms with van der Waals surface area (Å²) in [6.45, 7) is 2.90. The van der Waals surface area contributed by atoms with Gasteiger partial charge in [0.15, 0.2) is 5.76 Å². The number of carbonyl (C=O) groups excluding carboxylic acids is 1. The van der Waals surface area contributed by atoms with Gasteiger partial charge in [-0.1, -0.05) is 0 Å². The van der Waals surface area contributed by atoms with E-state index in [2.05, 4.69) is 0 Å². The molecule has 0 aliphatic heterocycles. The standard InChI is InChI=1S/C16H16N2O3/c1-2-18(10-13-4-3-7-20-13)16(19)15-9-11-8-12(17)5-6-14(11)21-15/h3-9H,2,10,17H2,1H3. The molecule has 108 valence electrons. The van der Waals surface area contributed by atoms with Gasteiger partial charge in [0, 0.05) is 17.6 Å². The second-order valence-corrected chi connectivity index (χ2v) is 4.81. The zero-order valence-electron chi connectivity index (χ0n) is 11.7. The first-order chi connectivity index (χ1) is 10.2. The lowest BCUT2D eigenvalue weighted by atomic mass is 10.2. The van der Waals surface area contributed by atoms with Gasteiger partial charge in [-0.15, -0.1) is 0 Å². The number of nitrogens with zero attached hydrogens (tertiary/aromatic N) is 1. The largest absolute Gasteiger partial charge is 0.467 e. The molecule has 2 N–H and O–H groups in total. The van der Waals surface area contributed by atoms with Crippen molar-refractivity contribution in [1.82, 2.24) is 4.90 Å². The maximum Gasteiger partial charge on any atom is 0.290 e. The Morgan fingerprint density at radius 3 is 2.86 bits per heavy atom. The Morgan fingerprint density at radius 2 is 2.14 bits per heavy atom. The lowest BCUT2D eigenvalue weighted by Crippen LogP contribution is -2.29. The van der Waals surface area contributed by atoms with Gasteiger partial charge in [0.25, 0.3) is 5.91 Å². The van der Waals surface area contributed by atoms with E-state index in [1.165, 1.54) is 0 Å². The second-order valence-electron chi connectivity index (χ2n) is 4.81. The number of hydrogen-bond donors (Lipinski definition) is 1. The van der Waals surface area contributed by atoms with Crippen molar-refractivity contribution in [2.45, 2.75) is 13.5 Å². The SMILES string of the molecule is CCN(Cc1ccco1)C(=O)c1cc2cc(N)ccc2o1. The summed E-state index contributed by atoms with van der Waals surface area (Å²) in [4.78, 5) is 14.2. The molecule has 0 bridgehead atoms. The molecule has 0 atom stereocenters. The minimum atomic E-state index is -0.163. The van der Waals surface area contributed by atoms with Crippen LogP contribution in [-0.4, -0.2) is 17.4 Å². The minimum Gasteiger partial charge on any atom is -0.467 e. The van der Waals surface area contributed by atoms with Crippen LogP contribution in [0.5, 0.6) is 0 Å². The molecule has 0 saturated heterocycles. The van der Waals surface area contributed by atoms with Crippen molar-refractivity contribution in [2.75, 3.05) is 12.3 Å². The maximum atomic E-state index is 12.5. The maximum absolute atomic E-state index is 12.5. The second kappa shape index (κ2) is 5.36. The van der Waals surface area contributed by atoms with Crippen molar-refractivity contribution in [3.8, 4) is 0 Å². The Kier molecular flexibility index (Phi) is 3.39. The van der Waals surface area contributed by atoms with Gasteiger partial charge in [0.05, 0.1) is 12.8 Å². The fourth-order valence-corrected chi connectivity index (χ4v) is 2.24. The van der Waals surface area contributed by atoms with Crippen molar-refractivity contribution < 1.29 is 13.6 Å². The summed E-state index contributed by atoms with van der Waals surface area (Å²) < 4.78 is 10.9. The molecule has 0 spiro atoms. The van der Waals surface area contributed by atoms with Gasteiger partial charge in [-0.3, -0.25) is 4.79 Å². The van der Waals surface area contributed by atoms with Crippen LogP contribution in [0.4, 0.5) is 5.69 Å². The Labute approximate surface area is 121 Å². The van der Waals surface area contributed by atoms with E-state index < -0.39 is 0 Å². The smallest absolute Gasteiger partial charge is 0.290 e. The fourth-order valence-electron chi connectivity index (χ4n) is 2.24. The average Bonchev–Trinajstić information content (AvgIpc) is 3.12. The normalized spacial score (nSPS) is 10.9. The Bertz CT molecular complexity index is 759. The van der Waals surface area contributed by atoms with E-state index in [0.717, 1.165) is 11.1 Å². The van der Waals surface area contributed by atoms with E-state index in [9.17, 15) is 4.79 Å². The van der Waals surface area contributed by atoms with Crippen molar-refractivity contribution in [1.29, 1.82) is 0 Å².